The van der Waals surface area contributed by atoms with Gasteiger partial charge in [-0.3, -0.25) is 9.59 Å². The van der Waals surface area contributed by atoms with Crippen LogP contribution in [0, 0.1) is 11.3 Å². The summed E-state index contributed by atoms with van der Waals surface area (Å²) in [5.41, 5.74) is 5.69. The molecule has 1 heterocycles. The first kappa shape index (κ1) is 12.8. The van der Waals surface area contributed by atoms with Crippen molar-refractivity contribution in [3.8, 4) is 0 Å². The highest BCUT2D eigenvalue weighted by atomic mass is 16.2. The number of amides is 2. The zero-order valence-corrected chi connectivity index (χ0v) is 10.2. The van der Waals surface area contributed by atoms with E-state index in [1.807, 2.05) is 20.8 Å². The third kappa shape index (κ3) is 2.47. The van der Waals surface area contributed by atoms with Crippen LogP contribution in [0.2, 0.25) is 0 Å². The van der Waals surface area contributed by atoms with Crippen molar-refractivity contribution in [2.24, 2.45) is 22.1 Å². The van der Waals surface area contributed by atoms with E-state index in [2.05, 4.69) is 10.3 Å². The molecule has 1 aliphatic heterocycles. The van der Waals surface area contributed by atoms with E-state index in [0.717, 1.165) is 0 Å². The van der Waals surface area contributed by atoms with Crippen molar-refractivity contribution >= 4 is 17.6 Å². The maximum Gasteiger partial charge on any atom is 0.259 e. The molecule has 0 spiro atoms. The van der Waals surface area contributed by atoms with Gasteiger partial charge in [0.2, 0.25) is 5.91 Å². The second kappa shape index (κ2) is 4.33. The Bertz CT molecular complexity index is 342. The van der Waals surface area contributed by atoms with Crippen molar-refractivity contribution < 1.29 is 9.59 Å². The molecule has 0 saturated carbocycles. The van der Waals surface area contributed by atoms with Crippen molar-refractivity contribution in [1.82, 2.24) is 5.32 Å². The number of rotatable bonds is 2. The summed E-state index contributed by atoms with van der Waals surface area (Å²) in [4.78, 5) is 27.1. The van der Waals surface area contributed by atoms with E-state index in [1.165, 1.54) is 0 Å². The summed E-state index contributed by atoms with van der Waals surface area (Å²) in [6.45, 7) is 7.58. The Morgan fingerprint density at radius 3 is 2.38 bits per heavy atom. The van der Waals surface area contributed by atoms with Crippen LogP contribution in [0.1, 0.15) is 34.1 Å². The van der Waals surface area contributed by atoms with Gasteiger partial charge in [0.05, 0.1) is 6.04 Å². The lowest BCUT2D eigenvalue weighted by molar-refractivity contribution is -0.133. The molecule has 2 atom stereocenters. The minimum atomic E-state index is -0.657. The highest BCUT2D eigenvalue weighted by molar-refractivity contribution is 6.17. The topological polar surface area (TPSA) is 84.6 Å². The molecule has 0 radical (unpaired) electrons. The lowest BCUT2D eigenvalue weighted by Crippen LogP contribution is -2.55. The first-order valence-electron chi connectivity index (χ1n) is 5.46. The predicted octanol–water partition coefficient (Wildman–Crippen LogP) is 0.441. The maximum atomic E-state index is 11.6. The molecule has 0 saturated heterocycles. The summed E-state index contributed by atoms with van der Waals surface area (Å²) < 4.78 is 0. The minimum Gasteiger partial charge on any atom is -0.321 e. The summed E-state index contributed by atoms with van der Waals surface area (Å²) in [7, 11) is 0. The molecule has 5 heteroatoms. The molecule has 3 N–H and O–H groups in total. The van der Waals surface area contributed by atoms with Crippen molar-refractivity contribution in [1.29, 1.82) is 0 Å². The van der Waals surface area contributed by atoms with Crippen LogP contribution < -0.4 is 11.1 Å². The van der Waals surface area contributed by atoms with Crippen molar-refractivity contribution in [2.75, 3.05) is 0 Å². The average Bonchev–Trinajstić information content (AvgIpc) is 2.14. The molecule has 0 aromatic rings. The van der Waals surface area contributed by atoms with Crippen molar-refractivity contribution in [3.05, 3.63) is 0 Å². The van der Waals surface area contributed by atoms with Gasteiger partial charge in [0.25, 0.3) is 5.91 Å². The first-order chi connectivity index (χ1) is 7.27. The SMILES string of the molecule is CCC1C(=O)N=C(C(N)C(C)(C)C)NC1=O. The van der Waals surface area contributed by atoms with Gasteiger partial charge in [-0.15, -0.1) is 0 Å². The van der Waals surface area contributed by atoms with E-state index < -0.39 is 12.0 Å². The van der Waals surface area contributed by atoms with Crippen LogP contribution in [0.15, 0.2) is 4.99 Å². The van der Waals surface area contributed by atoms with Gasteiger partial charge in [-0.25, -0.2) is 0 Å². The Hall–Kier alpha value is -1.23. The third-order valence-corrected chi connectivity index (χ3v) is 2.73. The molecule has 0 fully saturated rings. The number of aliphatic imine (C=N–C) groups is 1. The Morgan fingerprint density at radius 2 is 2.00 bits per heavy atom. The minimum absolute atomic E-state index is 0.245. The van der Waals surface area contributed by atoms with Crippen LogP contribution in [0.5, 0.6) is 0 Å². The maximum absolute atomic E-state index is 11.6. The summed E-state index contributed by atoms with van der Waals surface area (Å²) >= 11 is 0. The lowest BCUT2D eigenvalue weighted by Gasteiger charge is -2.30. The van der Waals surface area contributed by atoms with Crippen LogP contribution in [0.4, 0.5) is 0 Å². The Balaban J connectivity index is 2.94. The van der Waals surface area contributed by atoms with Gasteiger partial charge < -0.3 is 11.1 Å². The second-order valence-corrected chi connectivity index (χ2v) is 5.13. The number of nitrogens with two attached hydrogens (primary N) is 1. The molecule has 2 unspecified atom stereocenters. The molecule has 16 heavy (non-hydrogen) atoms. The van der Waals surface area contributed by atoms with Crippen LogP contribution in [0.3, 0.4) is 0 Å². The average molecular weight is 225 g/mol. The third-order valence-electron chi connectivity index (χ3n) is 2.73. The first-order valence-corrected chi connectivity index (χ1v) is 5.46. The fourth-order valence-corrected chi connectivity index (χ4v) is 1.47. The lowest BCUT2D eigenvalue weighted by atomic mass is 9.86. The molecular weight excluding hydrogens is 206 g/mol. The van der Waals surface area contributed by atoms with Crippen molar-refractivity contribution in [3.63, 3.8) is 0 Å². The van der Waals surface area contributed by atoms with Gasteiger partial charge in [0.15, 0.2) is 0 Å². The van der Waals surface area contributed by atoms with Crippen LogP contribution in [-0.4, -0.2) is 23.7 Å². The van der Waals surface area contributed by atoms with Crippen LogP contribution in [-0.2, 0) is 9.59 Å². The monoisotopic (exact) mass is 225 g/mol. The number of amidine groups is 1. The van der Waals surface area contributed by atoms with E-state index >= 15 is 0 Å². The molecule has 90 valence electrons. The summed E-state index contributed by atoms with van der Waals surface area (Å²) in [5.74, 6) is -1.05. The Morgan fingerprint density at radius 1 is 1.44 bits per heavy atom. The zero-order valence-electron chi connectivity index (χ0n) is 10.2. The van der Waals surface area contributed by atoms with Crippen LogP contribution in [0.25, 0.3) is 0 Å². The van der Waals surface area contributed by atoms with E-state index in [4.69, 9.17) is 5.73 Å². The largest absolute Gasteiger partial charge is 0.321 e. The summed E-state index contributed by atoms with van der Waals surface area (Å²) in [5, 5.41) is 2.62. The molecular formula is C11H19N3O2. The van der Waals surface area contributed by atoms with E-state index in [-0.39, 0.29) is 23.1 Å². The Labute approximate surface area is 95.5 Å². The molecule has 0 aliphatic carbocycles. The van der Waals surface area contributed by atoms with Crippen LogP contribution >= 0.6 is 0 Å². The highest BCUT2D eigenvalue weighted by Gasteiger charge is 2.35. The van der Waals surface area contributed by atoms with Crippen molar-refractivity contribution in [2.45, 2.75) is 40.2 Å². The van der Waals surface area contributed by atoms with E-state index in [9.17, 15) is 9.59 Å². The second-order valence-electron chi connectivity index (χ2n) is 5.13. The number of carbonyl (C=O) groups is 2. The normalized spacial score (nSPS) is 23.8. The van der Waals surface area contributed by atoms with Gasteiger partial charge in [-0.05, 0) is 11.8 Å². The summed E-state index contributed by atoms with van der Waals surface area (Å²) in [6, 6.07) is -0.446. The van der Waals surface area contributed by atoms with E-state index in [1.54, 1.807) is 6.92 Å². The molecule has 1 rings (SSSR count). The molecule has 0 aromatic heterocycles. The van der Waals surface area contributed by atoms with Gasteiger partial charge >= 0.3 is 0 Å². The number of nitrogens with zero attached hydrogens (tertiary/aromatic N) is 1. The summed E-state index contributed by atoms with van der Waals surface area (Å²) in [6.07, 6.45) is 0.464. The predicted molar refractivity (Wildman–Crippen MR) is 61.8 cm³/mol. The molecule has 0 bridgehead atoms. The highest BCUT2D eigenvalue weighted by Crippen LogP contribution is 2.20. The number of nitrogens with one attached hydrogen (secondary N) is 1. The van der Waals surface area contributed by atoms with Gasteiger partial charge in [-0.1, -0.05) is 27.7 Å². The number of carbonyl (C=O) groups excluding carboxylic acids is 2. The van der Waals surface area contributed by atoms with Gasteiger partial charge in [0.1, 0.15) is 11.8 Å². The van der Waals surface area contributed by atoms with Gasteiger partial charge in [-0.2, -0.15) is 4.99 Å². The fraction of sp³-hybridized carbons (Fsp3) is 0.727. The van der Waals surface area contributed by atoms with Gasteiger partial charge in [0, 0.05) is 0 Å². The molecule has 0 aromatic carbocycles. The number of hydrogen-bond acceptors (Lipinski definition) is 3. The smallest absolute Gasteiger partial charge is 0.259 e. The quantitative estimate of drug-likeness (QED) is 0.669. The molecule has 2 amide bonds. The van der Waals surface area contributed by atoms with E-state index in [0.29, 0.717) is 6.42 Å². The number of hydrogen-bond donors (Lipinski definition) is 2. The fourth-order valence-electron chi connectivity index (χ4n) is 1.47. The standard InChI is InChI=1S/C11H19N3O2/c1-5-6-9(15)13-8(14-10(6)16)7(12)11(2,3)4/h6-7H,5,12H2,1-4H3,(H,13,14,15,16). The zero-order chi connectivity index (χ0) is 12.5. The molecule has 1 aliphatic rings. The Kier molecular flexibility index (Phi) is 3.48. The molecule has 5 nitrogen and oxygen atoms in total.